The summed E-state index contributed by atoms with van der Waals surface area (Å²) in [6.45, 7) is 0.833. The van der Waals surface area contributed by atoms with Crippen molar-refractivity contribution in [2.24, 2.45) is 0 Å². The molecule has 1 N–H and O–H groups in total. The van der Waals surface area contributed by atoms with Gasteiger partial charge in [0.1, 0.15) is 5.02 Å². The van der Waals surface area contributed by atoms with Gasteiger partial charge in [0.25, 0.3) is 0 Å². The Balaban J connectivity index is 2.05. The highest BCUT2D eigenvalue weighted by Crippen LogP contribution is 2.36. The second kappa shape index (κ2) is 5.28. The molecule has 0 bridgehead atoms. The quantitative estimate of drug-likeness (QED) is 0.887. The predicted molar refractivity (Wildman–Crippen MR) is 72.4 cm³/mol. The minimum atomic E-state index is 0.224. The third kappa shape index (κ3) is 2.52. The van der Waals surface area contributed by atoms with Crippen LogP contribution in [0.15, 0.2) is 6.20 Å². The first kappa shape index (κ1) is 13.4. The second-order valence-electron chi connectivity index (χ2n) is 4.88. The summed E-state index contributed by atoms with van der Waals surface area (Å²) >= 11 is 6.07. The smallest absolute Gasteiger partial charge is 0.318 e. The number of nitrogens with one attached hydrogen (secondary N) is 1. The maximum Gasteiger partial charge on any atom is 0.318 e. The summed E-state index contributed by atoms with van der Waals surface area (Å²) in [4.78, 5) is 10.4. The van der Waals surface area contributed by atoms with Crippen LogP contribution in [0.25, 0.3) is 0 Å². The Morgan fingerprint density at radius 2 is 2.22 bits per heavy atom. The van der Waals surface area contributed by atoms with Crippen LogP contribution in [-0.2, 0) is 0 Å². The van der Waals surface area contributed by atoms with E-state index in [1.54, 1.807) is 13.3 Å². The van der Waals surface area contributed by atoms with Crippen LogP contribution in [0.5, 0.6) is 6.01 Å². The number of methoxy groups -OCH3 is 1. The van der Waals surface area contributed by atoms with Crippen LogP contribution in [0.3, 0.4) is 0 Å². The van der Waals surface area contributed by atoms with E-state index in [1.165, 1.54) is 19.3 Å². The Kier molecular flexibility index (Phi) is 3.92. The van der Waals surface area contributed by atoms with Crippen LogP contribution in [0, 0.1) is 0 Å². The Hall–Kier alpha value is -1.07. The maximum atomic E-state index is 6.07. The van der Waals surface area contributed by atoms with E-state index in [-0.39, 0.29) is 5.54 Å². The molecule has 0 unspecified atom stereocenters. The van der Waals surface area contributed by atoms with Gasteiger partial charge in [-0.25, -0.2) is 4.98 Å². The summed E-state index contributed by atoms with van der Waals surface area (Å²) < 4.78 is 5.00. The summed E-state index contributed by atoms with van der Waals surface area (Å²) in [5.74, 6) is 0.636. The molecule has 1 saturated carbocycles. The van der Waals surface area contributed by atoms with E-state index >= 15 is 0 Å². The van der Waals surface area contributed by atoms with Gasteiger partial charge in [-0.05, 0) is 33.4 Å². The van der Waals surface area contributed by atoms with Gasteiger partial charge < -0.3 is 15.0 Å². The maximum absolute atomic E-state index is 6.07. The van der Waals surface area contributed by atoms with E-state index < -0.39 is 0 Å². The number of rotatable bonds is 5. The molecule has 1 aromatic heterocycles. The monoisotopic (exact) mass is 270 g/mol. The van der Waals surface area contributed by atoms with Crippen molar-refractivity contribution in [2.45, 2.75) is 24.8 Å². The van der Waals surface area contributed by atoms with Gasteiger partial charge in [-0.15, -0.1) is 0 Å². The van der Waals surface area contributed by atoms with Crippen molar-refractivity contribution in [1.29, 1.82) is 0 Å². The standard InChI is InChI=1S/C12H19ClN4O/c1-17(2)12(5-4-6-12)8-15-10-9(13)7-14-11(16-10)18-3/h7H,4-6,8H2,1-3H3,(H,14,15,16). The largest absolute Gasteiger partial charge is 0.467 e. The van der Waals surface area contributed by atoms with Gasteiger partial charge in [0, 0.05) is 12.1 Å². The fraction of sp³-hybridized carbons (Fsp3) is 0.667. The molecule has 18 heavy (non-hydrogen) atoms. The zero-order valence-electron chi connectivity index (χ0n) is 11.0. The van der Waals surface area contributed by atoms with E-state index in [9.17, 15) is 0 Å². The van der Waals surface area contributed by atoms with Gasteiger partial charge >= 0.3 is 6.01 Å². The molecule has 0 aliphatic heterocycles. The van der Waals surface area contributed by atoms with Crippen LogP contribution in [0.1, 0.15) is 19.3 Å². The lowest BCUT2D eigenvalue weighted by molar-refractivity contribution is 0.0738. The molecular formula is C12H19ClN4O. The molecule has 1 aliphatic rings. The lowest BCUT2D eigenvalue weighted by atomic mass is 9.75. The Morgan fingerprint density at radius 3 is 2.72 bits per heavy atom. The average Bonchev–Trinajstić information content (AvgIpc) is 2.29. The lowest BCUT2D eigenvalue weighted by Crippen LogP contribution is -2.54. The van der Waals surface area contributed by atoms with Gasteiger partial charge in [-0.2, -0.15) is 4.98 Å². The Bertz CT molecular complexity index is 421. The number of aromatic nitrogens is 2. The van der Waals surface area contributed by atoms with Crippen LogP contribution >= 0.6 is 11.6 Å². The third-order valence-electron chi connectivity index (χ3n) is 3.72. The molecule has 0 saturated heterocycles. The Morgan fingerprint density at radius 1 is 1.50 bits per heavy atom. The summed E-state index contributed by atoms with van der Waals surface area (Å²) in [5.41, 5.74) is 0.224. The molecule has 1 aliphatic carbocycles. The number of anilines is 1. The summed E-state index contributed by atoms with van der Waals surface area (Å²) in [6, 6.07) is 0.328. The van der Waals surface area contributed by atoms with Crippen LogP contribution in [0.4, 0.5) is 5.82 Å². The third-order valence-corrected chi connectivity index (χ3v) is 4.00. The minimum Gasteiger partial charge on any atom is -0.467 e. The number of halogens is 1. The van der Waals surface area contributed by atoms with Gasteiger partial charge in [-0.3, -0.25) is 0 Å². The fourth-order valence-electron chi connectivity index (χ4n) is 2.19. The van der Waals surface area contributed by atoms with E-state index in [4.69, 9.17) is 16.3 Å². The van der Waals surface area contributed by atoms with Crippen LogP contribution in [-0.4, -0.2) is 48.2 Å². The molecule has 0 radical (unpaired) electrons. The number of hydrogen-bond donors (Lipinski definition) is 1. The van der Waals surface area contributed by atoms with Crippen molar-refractivity contribution in [3.63, 3.8) is 0 Å². The van der Waals surface area contributed by atoms with Crippen LogP contribution < -0.4 is 10.1 Å². The number of hydrogen-bond acceptors (Lipinski definition) is 5. The first-order valence-electron chi connectivity index (χ1n) is 6.05. The molecule has 0 aromatic carbocycles. The highest BCUT2D eigenvalue weighted by Gasteiger charge is 2.38. The molecule has 0 atom stereocenters. The molecule has 100 valence electrons. The van der Waals surface area contributed by atoms with Gasteiger partial charge in [0.05, 0.1) is 13.3 Å². The molecule has 1 fully saturated rings. The van der Waals surface area contributed by atoms with Crippen molar-refractivity contribution in [3.8, 4) is 6.01 Å². The number of ether oxygens (including phenoxy) is 1. The summed E-state index contributed by atoms with van der Waals surface area (Å²) in [5, 5.41) is 3.82. The Labute approximate surface area is 113 Å². The molecule has 1 heterocycles. The van der Waals surface area contributed by atoms with E-state index in [0.717, 1.165) is 6.54 Å². The zero-order chi connectivity index (χ0) is 13.2. The SMILES string of the molecule is COc1ncc(Cl)c(NCC2(N(C)C)CCC2)n1. The predicted octanol–water partition coefficient (Wildman–Crippen LogP) is 2.03. The highest BCUT2D eigenvalue weighted by molar-refractivity contribution is 6.32. The van der Waals surface area contributed by atoms with E-state index in [2.05, 4.69) is 34.3 Å². The lowest BCUT2D eigenvalue weighted by Gasteiger charge is -2.47. The van der Waals surface area contributed by atoms with Crippen molar-refractivity contribution < 1.29 is 4.74 Å². The normalized spacial score (nSPS) is 17.4. The van der Waals surface area contributed by atoms with Gasteiger partial charge in [0.2, 0.25) is 0 Å². The van der Waals surface area contributed by atoms with Crippen molar-refractivity contribution >= 4 is 17.4 Å². The van der Waals surface area contributed by atoms with E-state index in [1.807, 2.05) is 0 Å². The number of likely N-dealkylation sites (N-methyl/N-ethyl adjacent to an activating group) is 1. The summed E-state index contributed by atoms with van der Waals surface area (Å²) in [7, 11) is 5.77. The average molecular weight is 271 g/mol. The molecule has 1 aromatic rings. The molecule has 6 heteroatoms. The zero-order valence-corrected chi connectivity index (χ0v) is 11.8. The molecule has 0 spiro atoms. The summed E-state index contributed by atoms with van der Waals surface area (Å²) in [6.07, 6.45) is 5.24. The first-order chi connectivity index (χ1) is 8.57. The van der Waals surface area contributed by atoms with Crippen molar-refractivity contribution in [1.82, 2.24) is 14.9 Å². The number of nitrogens with zero attached hydrogens (tertiary/aromatic N) is 3. The van der Waals surface area contributed by atoms with Crippen molar-refractivity contribution in [3.05, 3.63) is 11.2 Å². The van der Waals surface area contributed by atoms with Gasteiger partial charge in [-0.1, -0.05) is 11.6 Å². The molecule has 0 amide bonds. The minimum absolute atomic E-state index is 0.224. The molecule has 5 nitrogen and oxygen atoms in total. The topological polar surface area (TPSA) is 50.3 Å². The fourth-order valence-corrected chi connectivity index (χ4v) is 2.35. The van der Waals surface area contributed by atoms with Crippen LogP contribution in [0.2, 0.25) is 5.02 Å². The molecular weight excluding hydrogens is 252 g/mol. The van der Waals surface area contributed by atoms with Gasteiger partial charge in [0.15, 0.2) is 5.82 Å². The first-order valence-corrected chi connectivity index (χ1v) is 6.43. The highest BCUT2D eigenvalue weighted by atomic mass is 35.5. The van der Waals surface area contributed by atoms with E-state index in [0.29, 0.717) is 16.9 Å². The molecule has 2 rings (SSSR count). The second-order valence-corrected chi connectivity index (χ2v) is 5.29. The van der Waals surface area contributed by atoms with Crippen molar-refractivity contribution in [2.75, 3.05) is 33.1 Å².